The van der Waals surface area contributed by atoms with Gasteiger partial charge < -0.3 is 14.4 Å². The van der Waals surface area contributed by atoms with Gasteiger partial charge in [0.15, 0.2) is 5.76 Å². The molecule has 1 fully saturated rings. The molecule has 1 aromatic rings. The minimum atomic E-state index is -1.09. The summed E-state index contributed by atoms with van der Waals surface area (Å²) in [4.78, 5) is 24.5. The number of hydrogen-bond acceptors (Lipinski definition) is 3. The Kier molecular flexibility index (Phi) is 4.82. The van der Waals surface area contributed by atoms with Crippen LogP contribution < -0.4 is 0 Å². The molecule has 20 heavy (non-hydrogen) atoms. The lowest BCUT2D eigenvalue weighted by Crippen LogP contribution is -2.29. The Morgan fingerprint density at radius 3 is 2.65 bits per heavy atom. The molecule has 0 spiro atoms. The summed E-state index contributed by atoms with van der Waals surface area (Å²) in [5.74, 6) is -0.537. The van der Waals surface area contributed by atoms with E-state index in [2.05, 4.69) is 0 Å². The SMILES string of the molecule is CN(CCC1CCCCC1)C(=O)c1cc(C(=O)O)co1. The van der Waals surface area contributed by atoms with E-state index < -0.39 is 5.97 Å². The van der Waals surface area contributed by atoms with Gasteiger partial charge in [0.2, 0.25) is 0 Å². The van der Waals surface area contributed by atoms with Crippen molar-refractivity contribution in [3.05, 3.63) is 23.7 Å². The molecule has 1 N–H and O–H groups in total. The highest BCUT2D eigenvalue weighted by molar-refractivity contribution is 5.95. The number of furan rings is 1. The molecule has 1 heterocycles. The van der Waals surface area contributed by atoms with Crippen LogP contribution in [0.15, 0.2) is 16.7 Å². The van der Waals surface area contributed by atoms with Gasteiger partial charge in [-0.25, -0.2) is 4.79 Å². The molecule has 110 valence electrons. The van der Waals surface area contributed by atoms with E-state index in [9.17, 15) is 9.59 Å². The summed E-state index contributed by atoms with van der Waals surface area (Å²) >= 11 is 0. The highest BCUT2D eigenvalue weighted by atomic mass is 16.4. The molecule has 0 unspecified atom stereocenters. The van der Waals surface area contributed by atoms with E-state index in [0.29, 0.717) is 12.5 Å². The summed E-state index contributed by atoms with van der Waals surface area (Å²) in [5, 5.41) is 8.81. The molecule has 1 amide bonds. The number of rotatable bonds is 5. The summed E-state index contributed by atoms with van der Waals surface area (Å²) in [6.45, 7) is 0.687. The Balaban J connectivity index is 1.85. The lowest BCUT2D eigenvalue weighted by atomic mass is 9.87. The summed E-state index contributed by atoms with van der Waals surface area (Å²) in [6.07, 6.45) is 8.54. The maximum absolute atomic E-state index is 12.1. The van der Waals surface area contributed by atoms with Crippen LogP contribution in [-0.4, -0.2) is 35.5 Å². The average Bonchev–Trinajstić information content (AvgIpc) is 2.95. The van der Waals surface area contributed by atoms with Gasteiger partial charge in [-0.1, -0.05) is 32.1 Å². The Morgan fingerprint density at radius 1 is 1.35 bits per heavy atom. The minimum Gasteiger partial charge on any atom is -0.478 e. The number of carboxylic acid groups (broad SMARTS) is 1. The van der Waals surface area contributed by atoms with Crippen molar-refractivity contribution in [2.45, 2.75) is 38.5 Å². The van der Waals surface area contributed by atoms with Crippen LogP contribution in [0, 0.1) is 5.92 Å². The second-order valence-corrected chi connectivity index (χ2v) is 5.52. The summed E-state index contributed by atoms with van der Waals surface area (Å²) in [6, 6.07) is 1.28. The van der Waals surface area contributed by atoms with Crippen LogP contribution >= 0.6 is 0 Å². The normalized spacial score (nSPS) is 16.1. The number of carbonyl (C=O) groups excluding carboxylic acids is 1. The van der Waals surface area contributed by atoms with Gasteiger partial charge >= 0.3 is 5.97 Å². The van der Waals surface area contributed by atoms with Gasteiger partial charge in [-0.05, 0) is 12.3 Å². The lowest BCUT2D eigenvalue weighted by Gasteiger charge is -2.24. The molecule has 0 aliphatic heterocycles. The number of aromatic carboxylic acids is 1. The number of hydrogen-bond donors (Lipinski definition) is 1. The van der Waals surface area contributed by atoms with Crippen LogP contribution in [0.1, 0.15) is 59.4 Å². The first-order chi connectivity index (χ1) is 9.58. The van der Waals surface area contributed by atoms with E-state index in [-0.39, 0.29) is 17.2 Å². The average molecular weight is 279 g/mol. The zero-order chi connectivity index (χ0) is 14.5. The van der Waals surface area contributed by atoms with Crippen molar-refractivity contribution in [1.82, 2.24) is 4.90 Å². The molecule has 0 saturated heterocycles. The van der Waals surface area contributed by atoms with Crippen molar-refractivity contribution < 1.29 is 19.1 Å². The quantitative estimate of drug-likeness (QED) is 0.899. The molecule has 0 aromatic carbocycles. The predicted molar refractivity (Wildman–Crippen MR) is 73.8 cm³/mol. The van der Waals surface area contributed by atoms with Crippen molar-refractivity contribution >= 4 is 11.9 Å². The van der Waals surface area contributed by atoms with Crippen molar-refractivity contribution in [3.8, 4) is 0 Å². The van der Waals surface area contributed by atoms with E-state index in [1.807, 2.05) is 0 Å². The zero-order valence-electron chi connectivity index (χ0n) is 11.8. The van der Waals surface area contributed by atoms with Gasteiger partial charge in [0.05, 0.1) is 5.56 Å². The zero-order valence-corrected chi connectivity index (χ0v) is 11.8. The molecule has 1 aliphatic carbocycles. The maximum atomic E-state index is 12.1. The topological polar surface area (TPSA) is 70.8 Å². The van der Waals surface area contributed by atoms with E-state index in [4.69, 9.17) is 9.52 Å². The Labute approximate surface area is 118 Å². The third-order valence-electron chi connectivity index (χ3n) is 4.00. The summed E-state index contributed by atoms with van der Waals surface area (Å²) in [5.41, 5.74) is 0.00836. The molecule has 2 rings (SSSR count). The van der Waals surface area contributed by atoms with Crippen molar-refractivity contribution in [1.29, 1.82) is 0 Å². The van der Waals surface area contributed by atoms with Crippen LogP contribution in [0.5, 0.6) is 0 Å². The number of carbonyl (C=O) groups is 2. The van der Waals surface area contributed by atoms with Crippen LogP contribution in [0.4, 0.5) is 0 Å². The van der Waals surface area contributed by atoms with Gasteiger partial charge in [-0.2, -0.15) is 0 Å². The van der Waals surface area contributed by atoms with E-state index >= 15 is 0 Å². The molecule has 0 atom stereocenters. The van der Waals surface area contributed by atoms with E-state index in [0.717, 1.165) is 12.7 Å². The molecule has 5 heteroatoms. The molecule has 1 aromatic heterocycles. The first-order valence-electron chi connectivity index (χ1n) is 7.15. The van der Waals surface area contributed by atoms with Gasteiger partial charge in [0.25, 0.3) is 5.91 Å². The summed E-state index contributed by atoms with van der Waals surface area (Å²) < 4.78 is 5.03. The van der Waals surface area contributed by atoms with Crippen LogP contribution in [0.25, 0.3) is 0 Å². The minimum absolute atomic E-state index is 0.00836. The lowest BCUT2D eigenvalue weighted by molar-refractivity contribution is 0.0695. The Hall–Kier alpha value is -1.78. The van der Waals surface area contributed by atoms with Gasteiger partial charge in [-0.15, -0.1) is 0 Å². The third kappa shape index (κ3) is 3.62. The molecule has 0 radical (unpaired) electrons. The predicted octanol–water partition coefficient (Wildman–Crippen LogP) is 3.02. The fourth-order valence-corrected chi connectivity index (χ4v) is 2.70. The second kappa shape index (κ2) is 6.59. The summed E-state index contributed by atoms with van der Waals surface area (Å²) in [7, 11) is 1.73. The smallest absolute Gasteiger partial charge is 0.338 e. The second-order valence-electron chi connectivity index (χ2n) is 5.52. The van der Waals surface area contributed by atoms with Gasteiger partial charge in [0, 0.05) is 19.7 Å². The van der Waals surface area contributed by atoms with Crippen LogP contribution in [0.2, 0.25) is 0 Å². The number of nitrogens with zero attached hydrogens (tertiary/aromatic N) is 1. The van der Waals surface area contributed by atoms with Crippen molar-refractivity contribution in [2.75, 3.05) is 13.6 Å². The standard InChI is InChI=1S/C15H21NO4/c1-16(8-7-11-5-3-2-4-6-11)14(17)13-9-12(10-20-13)15(18)19/h9-11H,2-8H2,1H3,(H,18,19). The first-order valence-corrected chi connectivity index (χ1v) is 7.15. The fourth-order valence-electron chi connectivity index (χ4n) is 2.70. The largest absolute Gasteiger partial charge is 0.478 e. The third-order valence-corrected chi connectivity index (χ3v) is 4.00. The first kappa shape index (κ1) is 14.6. The van der Waals surface area contributed by atoms with Crippen molar-refractivity contribution in [2.24, 2.45) is 5.92 Å². The Bertz CT molecular complexity index is 474. The molecule has 0 bridgehead atoms. The van der Waals surface area contributed by atoms with E-state index in [1.54, 1.807) is 11.9 Å². The molecule has 1 saturated carbocycles. The maximum Gasteiger partial charge on any atom is 0.338 e. The molecular weight excluding hydrogens is 258 g/mol. The van der Waals surface area contributed by atoms with Crippen LogP contribution in [0.3, 0.4) is 0 Å². The molecule has 5 nitrogen and oxygen atoms in total. The van der Waals surface area contributed by atoms with E-state index in [1.165, 1.54) is 38.2 Å². The Morgan fingerprint density at radius 2 is 2.05 bits per heavy atom. The van der Waals surface area contributed by atoms with Crippen LogP contribution in [-0.2, 0) is 0 Å². The van der Waals surface area contributed by atoms with Gasteiger partial charge in [0.1, 0.15) is 6.26 Å². The highest BCUT2D eigenvalue weighted by Crippen LogP contribution is 2.26. The molecular formula is C15H21NO4. The molecule has 1 aliphatic rings. The van der Waals surface area contributed by atoms with Gasteiger partial charge in [-0.3, -0.25) is 4.79 Å². The van der Waals surface area contributed by atoms with Crippen molar-refractivity contribution in [3.63, 3.8) is 0 Å². The number of amides is 1. The fraction of sp³-hybridized carbons (Fsp3) is 0.600. The highest BCUT2D eigenvalue weighted by Gasteiger charge is 2.20. The monoisotopic (exact) mass is 279 g/mol. The number of carboxylic acids is 1.